The van der Waals surface area contributed by atoms with Crippen LogP contribution in [0.5, 0.6) is 5.75 Å². The molecule has 0 N–H and O–H groups in total. The number of nitrogens with zero attached hydrogens (tertiary/aromatic N) is 1. The zero-order valence-electron chi connectivity index (χ0n) is 11.5. The van der Waals surface area contributed by atoms with E-state index >= 15 is 0 Å². The summed E-state index contributed by atoms with van der Waals surface area (Å²) in [7, 11) is -2.21. The molecule has 2 aromatic rings. The number of benzene rings is 2. The fourth-order valence-electron chi connectivity index (χ4n) is 2.48. The first kappa shape index (κ1) is 13.6. The van der Waals surface area contributed by atoms with Gasteiger partial charge in [0.15, 0.2) is 0 Å². The van der Waals surface area contributed by atoms with Crippen molar-refractivity contribution in [3.05, 3.63) is 42.5 Å². The van der Waals surface area contributed by atoms with Crippen LogP contribution in [0.3, 0.4) is 0 Å². The molecule has 1 heterocycles. The third-order valence-corrected chi connectivity index (χ3v) is 5.24. The van der Waals surface area contributed by atoms with Crippen LogP contribution in [0.1, 0.15) is 6.92 Å². The van der Waals surface area contributed by atoms with Crippen LogP contribution in [0.2, 0.25) is 0 Å². The molecule has 21 heavy (non-hydrogen) atoms. The highest BCUT2D eigenvalue weighted by molar-refractivity contribution is 7.92. The summed E-state index contributed by atoms with van der Waals surface area (Å²) in [6.07, 6.45) is 0. The number of hydrogen-bond donors (Lipinski definition) is 0. The molecule has 3 rings (SSSR count). The number of rotatable bonds is 1. The van der Waals surface area contributed by atoms with Crippen molar-refractivity contribution in [3.8, 4) is 5.75 Å². The van der Waals surface area contributed by atoms with Crippen LogP contribution in [-0.2, 0) is 14.6 Å². The minimum Gasteiger partial charge on any atom is -0.497 e. The molecule has 0 bridgehead atoms. The van der Waals surface area contributed by atoms with Crippen molar-refractivity contribution in [1.82, 2.24) is 0 Å². The number of anilines is 2. The van der Waals surface area contributed by atoms with Gasteiger partial charge in [0.25, 0.3) is 0 Å². The summed E-state index contributed by atoms with van der Waals surface area (Å²) in [6.45, 7) is 1.41. The summed E-state index contributed by atoms with van der Waals surface area (Å²) in [5.74, 6) is 0.184. The number of carbonyl (C=O) groups is 1. The number of para-hydroxylation sites is 1. The molecule has 5 nitrogen and oxygen atoms in total. The fourth-order valence-corrected chi connectivity index (χ4v) is 4.11. The standard InChI is InChI=1S/C15H13NO4S/c1-10(17)16-12-5-3-4-6-14(12)21(18,19)15-9-11(20-2)7-8-13(15)16/h3-9H,1-2H3. The Labute approximate surface area is 122 Å². The molecule has 0 aromatic heterocycles. The van der Waals surface area contributed by atoms with Gasteiger partial charge >= 0.3 is 0 Å². The van der Waals surface area contributed by atoms with Crippen LogP contribution in [-0.4, -0.2) is 21.4 Å². The lowest BCUT2D eigenvalue weighted by Crippen LogP contribution is -2.29. The second-order valence-corrected chi connectivity index (χ2v) is 6.55. The van der Waals surface area contributed by atoms with E-state index in [1.165, 1.54) is 31.1 Å². The molecule has 2 aromatic carbocycles. The molecule has 0 saturated heterocycles. The Kier molecular flexibility index (Phi) is 2.98. The van der Waals surface area contributed by atoms with Gasteiger partial charge in [0.2, 0.25) is 15.7 Å². The van der Waals surface area contributed by atoms with E-state index in [1.807, 2.05) is 0 Å². The van der Waals surface area contributed by atoms with Gasteiger partial charge in [-0.05, 0) is 24.3 Å². The monoisotopic (exact) mass is 303 g/mol. The lowest BCUT2D eigenvalue weighted by atomic mass is 10.2. The van der Waals surface area contributed by atoms with Crippen molar-refractivity contribution in [2.45, 2.75) is 16.7 Å². The van der Waals surface area contributed by atoms with E-state index in [1.54, 1.807) is 30.3 Å². The number of fused-ring (bicyclic) bond motifs is 2. The lowest BCUT2D eigenvalue weighted by molar-refractivity contribution is -0.115. The average molecular weight is 303 g/mol. The Morgan fingerprint density at radius 1 is 1.05 bits per heavy atom. The van der Waals surface area contributed by atoms with Crippen molar-refractivity contribution in [2.75, 3.05) is 12.0 Å². The molecule has 6 heteroatoms. The molecule has 108 valence electrons. The van der Waals surface area contributed by atoms with Crippen molar-refractivity contribution in [2.24, 2.45) is 0 Å². The molecule has 0 unspecified atom stereocenters. The number of hydrogen-bond acceptors (Lipinski definition) is 4. The number of carbonyl (C=O) groups excluding carboxylic acids is 1. The first-order valence-corrected chi connectivity index (χ1v) is 7.78. The van der Waals surface area contributed by atoms with Crippen molar-refractivity contribution < 1.29 is 17.9 Å². The summed E-state index contributed by atoms with van der Waals surface area (Å²) in [5.41, 5.74) is 0.727. The van der Waals surface area contributed by atoms with Gasteiger partial charge < -0.3 is 4.74 Å². The third-order valence-electron chi connectivity index (χ3n) is 3.41. The van der Waals surface area contributed by atoms with E-state index in [0.717, 1.165) is 0 Å². The van der Waals surface area contributed by atoms with E-state index in [0.29, 0.717) is 17.1 Å². The Hall–Kier alpha value is -2.34. The average Bonchev–Trinajstić information content (AvgIpc) is 2.47. The second-order valence-electron chi connectivity index (χ2n) is 4.66. The van der Waals surface area contributed by atoms with Crippen LogP contribution in [0, 0.1) is 0 Å². The van der Waals surface area contributed by atoms with Crippen LogP contribution < -0.4 is 9.64 Å². The highest BCUT2D eigenvalue weighted by Gasteiger charge is 2.35. The van der Waals surface area contributed by atoms with Crippen LogP contribution in [0.25, 0.3) is 0 Å². The van der Waals surface area contributed by atoms with Crippen molar-refractivity contribution >= 4 is 27.1 Å². The zero-order chi connectivity index (χ0) is 15.2. The van der Waals surface area contributed by atoms with Gasteiger partial charge in [0.1, 0.15) is 5.75 Å². The van der Waals surface area contributed by atoms with Gasteiger partial charge in [-0.2, -0.15) is 0 Å². The Morgan fingerprint density at radius 3 is 2.38 bits per heavy atom. The Balaban J connectivity index is 2.39. The van der Waals surface area contributed by atoms with Gasteiger partial charge in [-0.3, -0.25) is 9.69 Å². The number of amides is 1. The molecule has 0 atom stereocenters. The summed E-state index contributed by atoms with van der Waals surface area (Å²) in [4.78, 5) is 13.6. The maximum Gasteiger partial charge on any atom is 0.228 e. The fraction of sp³-hybridized carbons (Fsp3) is 0.133. The molecule has 0 fully saturated rings. The maximum atomic E-state index is 12.7. The maximum absolute atomic E-state index is 12.7. The van der Waals surface area contributed by atoms with Crippen LogP contribution >= 0.6 is 0 Å². The highest BCUT2D eigenvalue weighted by Crippen LogP contribution is 2.45. The van der Waals surface area contributed by atoms with Crippen LogP contribution in [0.4, 0.5) is 11.4 Å². The molecule has 1 aliphatic heterocycles. The molecular weight excluding hydrogens is 290 g/mol. The SMILES string of the molecule is COc1ccc2c(c1)S(=O)(=O)c1ccccc1N2C(C)=O. The summed E-state index contributed by atoms with van der Waals surface area (Å²) >= 11 is 0. The van der Waals surface area contributed by atoms with E-state index < -0.39 is 9.84 Å². The van der Waals surface area contributed by atoms with Crippen LogP contribution in [0.15, 0.2) is 52.3 Å². The number of methoxy groups -OCH3 is 1. The normalized spacial score (nSPS) is 15.0. The topological polar surface area (TPSA) is 63.7 Å². The van der Waals surface area contributed by atoms with Gasteiger partial charge in [0, 0.05) is 13.0 Å². The molecule has 0 spiro atoms. The molecule has 0 radical (unpaired) electrons. The van der Waals surface area contributed by atoms with E-state index in [4.69, 9.17) is 4.74 Å². The Morgan fingerprint density at radius 2 is 1.71 bits per heavy atom. The smallest absolute Gasteiger partial charge is 0.228 e. The minimum absolute atomic E-state index is 0.0794. The predicted molar refractivity (Wildman–Crippen MR) is 77.7 cm³/mol. The predicted octanol–water partition coefficient (Wildman–Crippen LogP) is 2.53. The molecule has 1 amide bonds. The second kappa shape index (κ2) is 4.60. The van der Waals surface area contributed by atoms with Gasteiger partial charge in [0.05, 0.1) is 28.3 Å². The lowest BCUT2D eigenvalue weighted by Gasteiger charge is -2.30. The van der Waals surface area contributed by atoms with Crippen molar-refractivity contribution in [1.29, 1.82) is 0 Å². The minimum atomic E-state index is -3.67. The van der Waals surface area contributed by atoms with Crippen molar-refractivity contribution in [3.63, 3.8) is 0 Å². The highest BCUT2D eigenvalue weighted by atomic mass is 32.2. The first-order chi connectivity index (χ1) is 9.96. The molecule has 1 aliphatic rings. The van der Waals surface area contributed by atoms with Gasteiger partial charge in [-0.15, -0.1) is 0 Å². The van der Waals surface area contributed by atoms with Gasteiger partial charge in [-0.25, -0.2) is 8.42 Å². The summed E-state index contributed by atoms with van der Waals surface area (Å²) < 4.78 is 30.6. The molecule has 0 aliphatic carbocycles. The van der Waals surface area contributed by atoms with E-state index in [-0.39, 0.29) is 15.7 Å². The Bertz CT molecular complexity index is 843. The van der Waals surface area contributed by atoms with E-state index in [2.05, 4.69) is 0 Å². The van der Waals surface area contributed by atoms with Gasteiger partial charge in [-0.1, -0.05) is 12.1 Å². The van der Waals surface area contributed by atoms with E-state index in [9.17, 15) is 13.2 Å². The molecule has 0 saturated carbocycles. The first-order valence-electron chi connectivity index (χ1n) is 6.29. The molecular formula is C15H13NO4S. The number of sulfone groups is 1. The number of ether oxygens (including phenoxy) is 1. The summed E-state index contributed by atoms with van der Waals surface area (Å²) in [5, 5.41) is 0. The summed E-state index contributed by atoms with van der Waals surface area (Å²) in [6, 6.07) is 11.1. The zero-order valence-corrected chi connectivity index (χ0v) is 12.3. The third kappa shape index (κ3) is 1.91. The largest absolute Gasteiger partial charge is 0.497 e. The quantitative estimate of drug-likeness (QED) is 0.812.